The Labute approximate surface area is 188 Å². The quantitative estimate of drug-likeness (QED) is 0.334. The number of aromatic nitrogens is 2. The van der Waals surface area contributed by atoms with Gasteiger partial charge in [-0.2, -0.15) is 0 Å². The van der Waals surface area contributed by atoms with Gasteiger partial charge in [0.1, 0.15) is 5.75 Å². The van der Waals surface area contributed by atoms with Crippen molar-refractivity contribution >= 4 is 11.7 Å². The highest BCUT2D eigenvalue weighted by molar-refractivity contribution is 6.36. The molecule has 0 atom stereocenters. The second kappa shape index (κ2) is 11.8. The normalized spacial score (nSPS) is 10.7. The van der Waals surface area contributed by atoms with Gasteiger partial charge in [0, 0.05) is 12.0 Å². The predicted molar refractivity (Wildman–Crippen MR) is 121 cm³/mol. The number of rotatable bonds is 12. The van der Waals surface area contributed by atoms with Crippen LogP contribution in [0, 0.1) is 6.92 Å². The average molecular weight is 436 g/mol. The van der Waals surface area contributed by atoms with Crippen LogP contribution in [-0.4, -0.2) is 29.0 Å². The van der Waals surface area contributed by atoms with E-state index in [1.165, 1.54) is 5.56 Å². The van der Waals surface area contributed by atoms with Gasteiger partial charge in [0.2, 0.25) is 17.6 Å². The first-order valence-corrected chi connectivity index (χ1v) is 10.9. The van der Waals surface area contributed by atoms with Crippen LogP contribution in [0.1, 0.15) is 49.1 Å². The summed E-state index contributed by atoms with van der Waals surface area (Å²) in [6.45, 7) is 2.03. The second-order valence-electron chi connectivity index (χ2n) is 7.74. The molecule has 7 heteroatoms. The van der Waals surface area contributed by atoms with Crippen molar-refractivity contribution in [3.8, 4) is 17.2 Å². The first kappa shape index (κ1) is 23.2. The molecule has 0 aliphatic rings. The molecule has 1 amide bonds. The smallest absolute Gasteiger partial charge is 0.287 e. The number of carbonyl (C=O) groups is 2. The molecule has 0 fully saturated rings. The molecule has 3 rings (SSSR count). The number of benzene rings is 2. The third-order valence-corrected chi connectivity index (χ3v) is 5.17. The van der Waals surface area contributed by atoms with Crippen LogP contribution < -0.4 is 10.1 Å². The van der Waals surface area contributed by atoms with Crippen molar-refractivity contribution in [1.82, 2.24) is 15.5 Å². The van der Waals surface area contributed by atoms with Crippen LogP contribution in [0.3, 0.4) is 0 Å². The van der Waals surface area contributed by atoms with E-state index in [4.69, 9.17) is 9.15 Å². The fourth-order valence-corrected chi connectivity index (χ4v) is 3.30. The number of unbranched alkanes of at least 4 members (excludes halogenated alkanes) is 3. The summed E-state index contributed by atoms with van der Waals surface area (Å²) in [5.41, 5.74) is 3.19. The fourth-order valence-electron chi connectivity index (χ4n) is 3.30. The zero-order valence-electron chi connectivity index (χ0n) is 18.6. The van der Waals surface area contributed by atoms with Gasteiger partial charge in [0.15, 0.2) is 0 Å². The van der Waals surface area contributed by atoms with Crippen LogP contribution in [0.15, 0.2) is 52.9 Å². The number of carbonyl (C=O) groups excluding carboxylic acids is 2. The highest BCUT2D eigenvalue weighted by atomic mass is 16.5. The molecule has 0 spiro atoms. The molecule has 0 aliphatic heterocycles. The van der Waals surface area contributed by atoms with E-state index in [1.54, 1.807) is 7.11 Å². The molecule has 1 heterocycles. The molecule has 0 unspecified atom stereocenters. The Morgan fingerprint density at radius 1 is 1.00 bits per heavy atom. The molecule has 0 bridgehead atoms. The van der Waals surface area contributed by atoms with Crippen LogP contribution in [-0.2, 0) is 22.6 Å². The number of Topliss-reactive ketones (excluding diaryl/α,β-unsaturated/α-hetero) is 1. The van der Waals surface area contributed by atoms with Crippen LogP contribution >= 0.6 is 0 Å². The summed E-state index contributed by atoms with van der Waals surface area (Å²) >= 11 is 0. The Balaban J connectivity index is 1.31. The Hall–Kier alpha value is -3.48. The van der Waals surface area contributed by atoms with Gasteiger partial charge >= 0.3 is 0 Å². The number of aryl methyl sites for hydroxylation is 2. The standard InChI is InChI=1S/C25H29N3O4/c1-18-12-14-20(15-13-18)25-28-27-23(32-25)17-26-24(30)22(29)11-6-4-3-5-8-19-9-7-10-21(16-19)31-2/h7,9-10,12-16H,3-6,8,11,17H2,1-2H3,(H,26,30). The van der Waals surface area contributed by atoms with Crippen molar-refractivity contribution in [2.45, 2.75) is 52.0 Å². The van der Waals surface area contributed by atoms with E-state index < -0.39 is 11.7 Å². The molecule has 0 saturated heterocycles. The lowest BCUT2D eigenvalue weighted by atomic mass is 10.0. The average Bonchev–Trinajstić information content (AvgIpc) is 3.29. The molecule has 168 valence electrons. The van der Waals surface area contributed by atoms with Crippen molar-refractivity contribution in [2.75, 3.05) is 7.11 Å². The Kier molecular flexibility index (Phi) is 8.54. The first-order chi connectivity index (χ1) is 15.5. The number of nitrogens with one attached hydrogen (secondary N) is 1. The lowest BCUT2D eigenvalue weighted by Gasteiger charge is -2.05. The zero-order chi connectivity index (χ0) is 22.8. The molecule has 32 heavy (non-hydrogen) atoms. The van der Waals surface area contributed by atoms with E-state index in [0.29, 0.717) is 12.3 Å². The van der Waals surface area contributed by atoms with E-state index in [2.05, 4.69) is 21.6 Å². The number of methoxy groups -OCH3 is 1. The van der Waals surface area contributed by atoms with E-state index in [1.807, 2.05) is 49.4 Å². The van der Waals surface area contributed by atoms with E-state index in [-0.39, 0.29) is 18.9 Å². The number of nitrogens with zero attached hydrogens (tertiary/aromatic N) is 2. The molecular formula is C25H29N3O4. The van der Waals surface area contributed by atoms with Gasteiger partial charge in [-0.3, -0.25) is 9.59 Å². The minimum atomic E-state index is -0.614. The van der Waals surface area contributed by atoms with Crippen molar-refractivity contribution in [1.29, 1.82) is 0 Å². The molecule has 1 aromatic heterocycles. The fraction of sp³-hybridized carbons (Fsp3) is 0.360. The van der Waals surface area contributed by atoms with E-state index in [9.17, 15) is 9.59 Å². The van der Waals surface area contributed by atoms with Crippen molar-refractivity contribution in [3.05, 3.63) is 65.5 Å². The van der Waals surface area contributed by atoms with E-state index in [0.717, 1.165) is 42.6 Å². The summed E-state index contributed by atoms with van der Waals surface area (Å²) in [4.78, 5) is 24.1. The zero-order valence-corrected chi connectivity index (χ0v) is 18.6. The van der Waals surface area contributed by atoms with Crippen LogP contribution in [0.2, 0.25) is 0 Å². The van der Waals surface area contributed by atoms with E-state index >= 15 is 0 Å². The highest BCUT2D eigenvalue weighted by Crippen LogP contribution is 2.18. The van der Waals surface area contributed by atoms with Gasteiger partial charge in [-0.05, 0) is 56.0 Å². The molecule has 3 aromatic rings. The molecule has 7 nitrogen and oxygen atoms in total. The molecule has 0 aliphatic carbocycles. The number of hydrogen-bond acceptors (Lipinski definition) is 6. The summed E-state index contributed by atoms with van der Waals surface area (Å²) in [6.07, 6.45) is 4.86. The molecule has 0 saturated carbocycles. The largest absolute Gasteiger partial charge is 0.497 e. The van der Waals surface area contributed by atoms with Gasteiger partial charge < -0.3 is 14.5 Å². The highest BCUT2D eigenvalue weighted by Gasteiger charge is 2.15. The van der Waals surface area contributed by atoms with Gasteiger partial charge in [0.25, 0.3) is 5.91 Å². The number of amides is 1. The van der Waals surface area contributed by atoms with Crippen molar-refractivity contribution in [2.24, 2.45) is 0 Å². The second-order valence-corrected chi connectivity index (χ2v) is 7.74. The minimum Gasteiger partial charge on any atom is -0.497 e. The monoisotopic (exact) mass is 435 g/mol. The Morgan fingerprint density at radius 3 is 2.56 bits per heavy atom. The van der Waals surface area contributed by atoms with Crippen LogP contribution in [0.5, 0.6) is 5.75 Å². The third kappa shape index (κ3) is 7.04. The van der Waals surface area contributed by atoms with Gasteiger partial charge in [0.05, 0.1) is 13.7 Å². The summed E-state index contributed by atoms with van der Waals surface area (Å²) in [5.74, 6) is 0.479. The maximum atomic E-state index is 12.1. The maximum Gasteiger partial charge on any atom is 0.287 e. The lowest BCUT2D eigenvalue weighted by Crippen LogP contribution is -2.30. The summed E-state index contributed by atoms with van der Waals surface area (Å²) in [7, 11) is 1.66. The van der Waals surface area contributed by atoms with Gasteiger partial charge in [-0.15, -0.1) is 10.2 Å². The summed E-state index contributed by atoms with van der Waals surface area (Å²) in [5, 5.41) is 10.5. The number of ketones is 1. The first-order valence-electron chi connectivity index (χ1n) is 10.9. The van der Waals surface area contributed by atoms with Crippen molar-refractivity contribution < 1.29 is 18.7 Å². The SMILES string of the molecule is COc1cccc(CCCCCCC(=O)C(=O)NCc2nnc(-c3ccc(C)cc3)o2)c1. The Bertz CT molecular complexity index is 1030. The Morgan fingerprint density at radius 2 is 1.78 bits per heavy atom. The maximum absolute atomic E-state index is 12.1. The van der Waals surface area contributed by atoms with Gasteiger partial charge in [-0.25, -0.2) is 0 Å². The summed E-state index contributed by atoms with van der Waals surface area (Å²) in [6, 6.07) is 15.8. The third-order valence-electron chi connectivity index (χ3n) is 5.17. The van der Waals surface area contributed by atoms with Crippen LogP contribution in [0.4, 0.5) is 0 Å². The molecule has 2 aromatic carbocycles. The lowest BCUT2D eigenvalue weighted by molar-refractivity contribution is -0.138. The molecule has 0 radical (unpaired) electrons. The van der Waals surface area contributed by atoms with Gasteiger partial charge in [-0.1, -0.05) is 42.7 Å². The van der Waals surface area contributed by atoms with Crippen molar-refractivity contribution in [3.63, 3.8) is 0 Å². The minimum absolute atomic E-state index is 0.0317. The predicted octanol–water partition coefficient (Wildman–Crippen LogP) is 4.43. The summed E-state index contributed by atoms with van der Waals surface area (Å²) < 4.78 is 10.8. The molecule has 1 N–H and O–H groups in total. The number of ether oxygens (including phenoxy) is 1. The van der Waals surface area contributed by atoms with Crippen LogP contribution in [0.25, 0.3) is 11.5 Å². The number of hydrogen-bond donors (Lipinski definition) is 1. The molecular weight excluding hydrogens is 406 g/mol. The topological polar surface area (TPSA) is 94.3 Å².